The fourth-order valence-electron chi connectivity index (χ4n) is 2.10. The first kappa shape index (κ1) is 18.7. The predicted molar refractivity (Wildman–Crippen MR) is 105 cm³/mol. The largest absolute Gasteiger partial charge is 0.492 e. The second kappa shape index (κ2) is 9.03. The molecule has 25 heavy (non-hydrogen) atoms. The monoisotopic (exact) mass is 357 g/mol. The van der Waals surface area contributed by atoms with Crippen molar-refractivity contribution in [1.82, 2.24) is 10.2 Å². The smallest absolute Gasteiger partial charge is 0.253 e. The normalized spacial score (nSPS) is 10.0. The number of ether oxygens (including phenoxy) is 1. The fraction of sp³-hybridized carbons (Fsp3) is 0.263. The first-order valence-electron chi connectivity index (χ1n) is 8.02. The summed E-state index contributed by atoms with van der Waals surface area (Å²) in [5.74, 6) is 0.813. The Hall–Kier alpha value is -2.60. The maximum atomic E-state index is 11.8. The summed E-state index contributed by atoms with van der Waals surface area (Å²) < 4.78 is 5.63. The molecule has 0 bridgehead atoms. The molecule has 0 unspecified atom stereocenters. The second-order valence-electron chi connectivity index (χ2n) is 5.82. The van der Waals surface area contributed by atoms with Crippen molar-refractivity contribution in [2.24, 2.45) is 0 Å². The molecule has 0 radical (unpaired) electrons. The molecule has 0 fully saturated rings. The van der Waals surface area contributed by atoms with Gasteiger partial charge in [-0.05, 0) is 55.5 Å². The number of amides is 1. The van der Waals surface area contributed by atoms with Crippen molar-refractivity contribution < 1.29 is 9.53 Å². The Kier molecular flexibility index (Phi) is 6.77. The Morgan fingerprint density at radius 2 is 1.72 bits per heavy atom. The topological polar surface area (TPSA) is 53.6 Å². The van der Waals surface area contributed by atoms with E-state index in [0.29, 0.717) is 23.8 Å². The lowest BCUT2D eigenvalue weighted by atomic mass is 10.2. The predicted octanol–water partition coefficient (Wildman–Crippen LogP) is 3.06. The van der Waals surface area contributed by atoms with Crippen molar-refractivity contribution in [3.05, 3.63) is 59.7 Å². The second-order valence-corrected chi connectivity index (χ2v) is 6.23. The van der Waals surface area contributed by atoms with Crippen LogP contribution in [-0.4, -0.2) is 43.2 Å². The van der Waals surface area contributed by atoms with Crippen LogP contribution in [-0.2, 0) is 0 Å². The molecule has 0 heterocycles. The average Bonchev–Trinajstić information content (AvgIpc) is 2.60. The molecule has 1 amide bonds. The van der Waals surface area contributed by atoms with E-state index in [0.717, 1.165) is 11.4 Å². The van der Waals surface area contributed by atoms with Gasteiger partial charge in [0.1, 0.15) is 12.4 Å². The SMILES string of the molecule is Cc1ccc(OCCNC(=S)Nc2ccc(C(=O)N(C)C)cc2)cc1. The van der Waals surface area contributed by atoms with Crippen molar-refractivity contribution in [3.8, 4) is 5.75 Å². The highest BCUT2D eigenvalue weighted by Gasteiger charge is 2.07. The van der Waals surface area contributed by atoms with E-state index in [1.165, 1.54) is 5.56 Å². The van der Waals surface area contributed by atoms with Gasteiger partial charge in [-0.1, -0.05) is 17.7 Å². The number of thiocarbonyl (C=S) groups is 1. The van der Waals surface area contributed by atoms with Crippen molar-refractivity contribution in [2.75, 3.05) is 32.6 Å². The van der Waals surface area contributed by atoms with Gasteiger partial charge in [-0.3, -0.25) is 4.79 Å². The summed E-state index contributed by atoms with van der Waals surface area (Å²) in [5, 5.41) is 6.68. The molecule has 5 nitrogen and oxygen atoms in total. The zero-order valence-corrected chi connectivity index (χ0v) is 15.5. The van der Waals surface area contributed by atoms with Crippen LogP contribution < -0.4 is 15.4 Å². The molecule has 2 aromatic rings. The summed E-state index contributed by atoms with van der Waals surface area (Å²) in [7, 11) is 3.46. The number of benzene rings is 2. The van der Waals surface area contributed by atoms with Gasteiger partial charge < -0.3 is 20.3 Å². The first-order valence-corrected chi connectivity index (χ1v) is 8.42. The number of rotatable bonds is 6. The molecule has 0 atom stereocenters. The highest BCUT2D eigenvalue weighted by molar-refractivity contribution is 7.80. The lowest BCUT2D eigenvalue weighted by Crippen LogP contribution is -2.32. The first-order chi connectivity index (χ1) is 12.0. The van der Waals surface area contributed by atoms with Crippen molar-refractivity contribution in [1.29, 1.82) is 0 Å². The molecule has 0 spiro atoms. The van der Waals surface area contributed by atoms with Crippen LogP contribution in [0.15, 0.2) is 48.5 Å². The maximum absolute atomic E-state index is 11.8. The minimum atomic E-state index is -0.0273. The number of hydrogen-bond acceptors (Lipinski definition) is 3. The zero-order chi connectivity index (χ0) is 18.2. The number of nitrogens with one attached hydrogen (secondary N) is 2. The van der Waals surface area contributed by atoms with Crippen LogP contribution in [0.2, 0.25) is 0 Å². The number of anilines is 1. The number of aryl methyl sites for hydroxylation is 1. The fourth-order valence-corrected chi connectivity index (χ4v) is 2.32. The third kappa shape index (κ3) is 6.08. The lowest BCUT2D eigenvalue weighted by Gasteiger charge is -2.13. The highest BCUT2D eigenvalue weighted by atomic mass is 32.1. The minimum absolute atomic E-state index is 0.0273. The Morgan fingerprint density at radius 3 is 2.32 bits per heavy atom. The molecule has 0 aromatic heterocycles. The van der Waals surface area contributed by atoms with Gasteiger partial charge in [0.15, 0.2) is 5.11 Å². The molecular weight excluding hydrogens is 334 g/mol. The van der Waals surface area contributed by atoms with E-state index in [1.807, 2.05) is 43.3 Å². The zero-order valence-electron chi connectivity index (χ0n) is 14.7. The molecule has 0 aliphatic heterocycles. The van der Waals surface area contributed by atoms with E-state index in [1.54, 1.807) is 31.1 Å². The van der Waals surface area contributed by atoms with Gasteiger partial charge in [-0.2, -0.15) is 0 Å². The minimum Gasteiger partial charge on any atom is -0.492 e. The Labute approximate surface area is 154 Å². The molecule has 132 valence electrons. The van der Waals surface area contributed by atoms with Crippen molar-refractivity contribution in [3.63, 3.8) is 0 Å². The summed E-state index contributed by atoms with van der Waals surface area (Å²) in [6.07, 6.45) is 0. The Balaban J connectivity index is 1.73. The summed E-state index contributed by atoms with van der Waals surface area (Å²) in [4.78, 5) is 13.4. The van der Waals surface area contributed by atoms with Gasteiger partial charge in [-0.25, -0.2) is 0 Å². The Bertz CT molecular complexity index is 712. The van der Waals surface area contributed by atoms with Crippen molar-refractivity contribution >= 4 is 28.9 Å². The van der Waals surface area contributed by atoms with Crippen LogP contribution in [0.4, 0.5) is 5.69 Å². The van der Waals surface area contributed by atoms with Gasteiger partial charge in [0.25, 0.3) is 5.91 Å². The van der Waals surface area contributed by atoms with E-state index < -0.39 is 0 Å². The molecule has 6 heteroatoms. The molecule has 0 aliphatic rings. The summed E-state index contributed by atoms with van der Waals surface area (Å²) in [6, 6.07) is 15.1. The van der Waals surface area contributed by atoms with Gasteiger partial charge >= 0.3 is 0 Å². The third-order valence-corrected chi connectivity index (χ3v) is 3.72. The van der Waals surface area contributed by atoms with Gasteiger partial charge in [-0.15, -0.1) is 0 Å². The molecule has 2 N–H and O–H groups in total. The van der Waals surface area contributed by atoms with Crippen LogP contribution in [0.3, 0.4) is 0 Å². The van der Waals surface area contributed by atoms with Gasteiger partial charge in [0, 0.05) is 25.3 Å². The number of hydrogen-bond donors (Lipinski definition) is 2. The van der Waals surface area contributed by atoms with Crippen LogP contribution in [0.1, 0.15) is 15.9 Å². The van der Waals surface area contributed by atoms with Crippen LogP contribution in [0.5, 0.6) is 5.75 Å². The van der Waals surface area contributed by atoms with E-state index in [4.69, 9.17) is 17.0 Å². The average molecular weight is 357 g/mol. The number of nitrogens with zero attached hydrogens (tertiary/aromatic N) is 1. The lowest BCUT2D eigenvalue weighted by molar-refractivity contribution is 0.0827. The summed E-state index contributed by atoms with van der Waals surface area (Å²) in [5.41, 5.74) is 2.67. The molecular formula is C19H23N3O2S. The molecule has 0 saturated heterocycles. The number of carbonyl (C=O) groups is 1. The van der Waals surface area contributed by atoms with Crippen LogP contribution in [0, 0.1) is 6.92 Å². The molecule has 2 rings (SSSR count). The number of carbonyl (C=O) groups excluding carboxylic acids is 1. The van der Waals surface area contributed by atoms with Crippen LogP contribution >= 0.6 is 12.2 Å². The van der Waals surface area contributed by atoms with Gasteiger partial charge in [0.2, 0.25) is 0 Å². The van der Waals surface area contributed by atoms with E-state index in [2.05, 4.69) is 10.6 Å². The Morgan fingerprint density at radius 1 is 1.08 bits per heavy atom. The quantitative estimate of drug-likeness (QED) is 0.615. The maximum Gasteiger partial charge on any atom is 0.253 e. The van der Waals surface area contributed by atoms with Crippen molar-refractivity contribution in [2.45, 2.75) is 6.92 Å². The van der Waals surface area contributed by atoms with Gasteiger partial charge in [0.05, 0.1) is 6.54 Å². The van der Waals surface area contributed by atoms with E-state index in [-0.39, 0.29) is 5.91 Å². The highest BCUT2D eigenvalue weighted by Crippen LogP contribution is 2.12. The molecule has 0 aliphatic carbocycles. The molecule has 2 aromatic carbocycles. The van der Waals surface area contributed by atoms with E-state index >= 15 is 0 Å². The van der Waals surface area contributed by atoms with Crippen LogP contribution in [0.25, 0.3) is 0 Å². The van der Waals surface area contributed by atoms with E-state index in [9.17, 15) is 4.79 Å². The third-order valence-electron chi connectivity index (χ3n) is 3.47. The summed E-state index contributed by atoms with van der Waals surface area (Å²) >= 11 is 5.26. The summed E-state index contributed by atoms with van der Waals surface area (Å²) in [6.45, 7) is 3.15. The molecule has 0 saturated carbocycles. The standard InChI is InChI=1S/C19H23N3O2S/c1-14-4-10-17(11-5-14)24-13-12-20-19(25)21-16-8-6-15(7-9-16)18(23)22(2)3/h4-11H,12-13H2,1-3H3,(H2,20,21,25).